The molecule has 0 aromatic heterocycles. The lowest BCUT2D eigenvalue weighted by Crippen LogP contribution is -2.52. The fourth-order valence-electron chi connectivity index (χ4n) is 4.49. The van der Waals surface area contributed by atoms with Crippen molar-refractivity contribution in [3.05, 3.63) is 53.6 Å². The summed E-state index contributed by atoms with van der Waals surface area (Å²) in [5.41, 5.74) is 1.84. The second-order valence-corrected chi connectivity index (χ2v) is 9.13. The van der Waals surface area contributed by atoms with Crippen LogP contribution >= 0.6 is 0 Å². The van der Waals surface area contributed by atoms with Crippen LogP contribution in [-0.4, -0.2) is 67.9 Å². The van der Waals surface area contributed by atoms with Crippen LogP contribution in [0.4, 0.5) is 5.69 Å². The highest BCUT2D eigenvalue weighted by Crippen LogP contribution is 2.34. The Hall–Kier alpha value is -3.39. The largest absolute Gasteiger partial charge is 0.485 e. The summed E-state index contributed by atoms with van der Waals surface area (Å²) < 4.78 is 11.2. The molecule has 0 bridgehead atoms. The van der Waals surface area contributed by atoms with Crippen molar-refractivity contribution in [3.8, 4) is 11.5 Å². The number of ketones is 1. The van der Waals surface area contributed by atoms with Crippen LogP contribution in [0, 0.1) is 6.92 Å². The van der Waals surface area contributed by atoms with Crippen molar-refractivity contribution in [3.63, 3.8) is 0 Å². The van der Waals surface area contributed by atoms with Crippen molar-refractivity contribution >= 4 is 23.3 Å². The molecule has 2 amide bonds. The molecular weight excluding hydrogens is 446 g/mol. The van der Waals surface area contributed by atoms with E-state index >= 15 is 0 Å². The number of hydrogen-bond acceptors (Lipinski definition) is 6. The van der Waals surface area contributed by atoms with Crippen LogP contribution in [0.3, 0.4) is 0 Å². The Balaban J connectivity index is 1.41. The first kappa shape index (κ1) is 24.7. The number of rotatable bonds is 9. The molecule has 1 fully saturated rings. The van der Waals surface area contributed by atoms with Crippen molar-refractivity contribution in [1.29, 1.82) is 0 Å². The number of carbonyl (C=O) groups is 3. The van der Waals surface area contributed by atoms with E-state index in [1.807, 2.05) is 25.1 Å². The molecule has 4 rings (SSSR count). The fraction of sp³-hybridized carbons (Fsp3) is 0.444. The Morgan fingerprint density at radius 1 is 1.11 bits per heavy atom. The zero-order valence-electron chi connectivity index (χ0n) is 20.4. The minimum atomic E-state index is -0.736. The molecule has 35 heavy (non-hydrogen) atoms. The molecule has 0 radical (unpaired) electrons. The number of benzene rings is 2. The number of fused-ring (bicyclic) bond motifs is 1. The van der Waals surface area contributed by atoms with Crippen LogP contribution in [0.1, 0.15) is 42.1 Å². The van der Waals surface area contributed by atoms with Gasteiger partial charge in [-0.05, 0) is 75.7 Å². The minimum Gasteiger partial charge on any atom is -0.485 e. The number of nitrogens with zero attached hydrogens (tertiary/aromatic N) is 2. The number of ether oxygens (including phenoxy) is 2. The first-order valence-electron chi connectivity index (χ1n) is 12.2. The van der Waals surface area contributed by atoms with Gasteiger partial charge in [0.25, 0.3) is 5.91 Å². The average Bonchev–Trinajstić information content (AvgIpc) is 2.87. The first-order valence-corrected chi connectivity index (χ1v) is 12.2. The van der Waals surface area contributed by atoms with Gasteiger partial charge in [0.2, 0.25) is 5.91 Å². The van der Waals surface area contributed by atoms with Crippen molar-refractivity contribution in [1.82, 2.24) is 10.2 Å². The maximum Gasteiger partial charge on any atom is 0.265 e. The lowest BCUT2D eigenvalue weighted by Gasteiger charge is -2.34. The van der Waals surface area contributed by atoms with Crippen LogP contribution in [0.15, 0.2) is 42.5 Å². The lowest BCUT2D eigenvalue weighted by molar-refractivity contribution is -0.127. The number of likely N-dealkylation sites (tertiary alicyclic amines) is 1. The summed E-state index contributed by atoms with van der Waals surface area (Å²) in [5, 5.41) is 2.96. The van der Waals surface area contributed by atoms with Crippen molar-refractivity contribution in [2.75, 3.05) is 44.3 Å². The van der Waals surface area contributed by atoms with Crippen molar-refractivity contribution < 1.29 is 23.9 Å². The summed E-state index contributed by atoms with van der Waals surface area (Å²) in [5.74, 6) is 0.297. The van der Waals surface area contributed by atoms with E-state index in [4.69, 9.17) is 9.47 Å². The number of anilines is 1. The maximum atomic E-state index is 12.9. The van der Waals surface area contributed by atoms with E-state index < -0.39 is 6.04 Å². The molecule has 2 aliphatic heterocycles. The lowest BCUT2D eigenvalue weighted by atomic mass is 10.1. The molecule has 8 nitrogen and oxygen atoms in total. The third-order valence-corrected chi connectivity index (χ3v) is 6.46. The van der Waals surface area contributed by atoms with Gasteiger partial charge in [0.1, 0.15) is 17.5 Å². The van der Waals surface area contributed by atoms with E-state index in [1.54, 1.807) is 31.2 Å². The van der Waals surface area contributed by atoms with Gasteiger partial charge in [-0.1, -0.05) is 18.6 Å². The second-order valence-electron chi connectivity index (χ2n) is 9.13. The first-order chi connectivity index (χ1) is 16.9. The van der Waals surface area contributed by atoms with E-state index in [9.17, 15) is 14.4 Å². The standard InChI is InChI=1S/C27H33N3O5/c1-19-7-6-8-22(15-19)34-17-24(31)21-9-10-25-23(16-21)30(26(32)18-35-25)20(2)27(33)28-11-14-29-12-4-3-5-13-29/h6-10,15-16,20H,3-5,11-14,17-18H2,1-2H3,(H,28,33). The molecule has 8 heteroatoms. The molecule has 0 spiro atoms. The average molecular weight is 480 g/mol. The monoisotopic (exact) mass is 479 g/mol. The zero-order chi connectivity index (χ0) is 24.8. The molecule has 186 valence electrons. The van der Waals surface area contributed by atoms with Gasteiger partial charge in [-0.25, -0.2) is 0 Å². The van der Waals surface area contributed by atoms with Gasteiger partial charge in [-0.2, -0.15) is 0 Å². The molecular formula is C27H33N3O5. The van der Waals surface area contributed by atoms with Crippen LogP contribution in [0.2, 0.25) is 0 Å². The SMILES string of the molecule is Cc1cccc(OCC(=O)c2ccc3c(c2)N(C(C)C(=O)NCCN2CCCCC2)C(=O)CO3)c1. The molecule has 2 aromatic carbocycles. The van der Waals surface area contributed by atoms with E-state index in [0.717, 1.165) is 25.2 Å². The Bertz CT molecular complexity index is 1080. The van der Waals surface area contributed by atoms with Crippen LogP contribution in [0.25, 0.3) is 0 Å². The molecule has 0 saturated carbocycles. The van der Waals surface area contributed by atoms with Crippen molar-refractivity contribution in [2.45, 2.75) is 39.2 Å². The van der Waals surface area contributed by atoms with Gasteiger partial charge in [0.05, 0.1) is 5.69 Å². The summed E-state index contributed by atoms with van der Waals surface area (Å²) >= 11 is 0. The summed E-state index contributed by atoms with van der Waals surface area (Å²) in [6.07, 6.45) is 3.65. The highest BCUT2D eigenvalue weighted by atomic mass is 16.5. The highest BCUT2D eigenvalue weighted by Gasteiger charge is 2.33. The minimum absolute atomic E-state index is 0.135. The van der Waals surface area contributed by atoms with Gasteiger partial charge in [0, 0.05) is 18.7 Å². The van der Waals surface area contributed by atoms with Gasteiger partial charge in [0.15, 0.2) is 19.0 Å². The van der Waals surface area contributed by atoms with E-state index in [-0.39, 0.29) is 30.8 Å². The van der Waals surface area contributed by atoms with Crippen LogP contribution < -0.4 is 19.7 Å². The topological polar surface area (TPSA) is 88.2 Å². The van der Waals surface area contributed by atoms with E-state index in [2.05, 4.69) is 10.2 Å². The number of piperidine rings is 1. The smallest absolute Gasteiger partial charge is 0.265 e. The summed E-state index contributed by atoms with van der Waals surface area (Å²) in [6.45, 7) is 6.81. The number of nitrogens with one attached hydrogen (secondary N) is 1. The van der Waals surface area contributed by atoms with Gasteiger partial charge in [-0.15, -0.1) is 0 Å². The Morgan fingerprint density at radius 2 is 1.91 bits per heavy atom. The van der Waals surface area contributed by atoms with E-state index in [0.29, 0.717) is 29.3 Å². The quantitative estimate of drug-likeness (QED) is 0.557. The summed E-state index contributed by atoms with van der Waals surface area (Å²) in [7, 11) is 0. The molecule has 1 unspecified atom stereocenters. The third kappa shape index (κ3) is 6.19. The van der Waals surface area contributed by atoms with Crippen LogP contribution in [-0.2, 0) is 9.59 Å². The predicted molar refractivity (Wildman–Crippen MR) is 133 cm³/mol. The van der Waals surface area contributed by atoms with E-state index in [1.165, 1.54) is 24.2 Å². The van der Waals surface area contributed by atoms with Gasteiger partial charge in [-0.3, -0.25) is 19.3 Å². The molecule has 2 heterocycles. The van der Waals surface area contributed by atoms with Crippen molar-refractivity contribution in [2.24, 2.45) is 0 Å². The van der Waals surface area contributed by atoms with Gasteiger partial charge < -0.3 is 19.7 Å². The third-order valence-electron chi connectivity index (χ3n) is 6.46. The zero-order valence-corrected chi connectivity index (χ0v) is 20.4. The number of carbonyl (C=O) groups excluding carboxylic acids is 3. The van der Waals surface area contributed by atoms with Crippen LogP contribution in [0.5, 0.6) is 11.5 Å². The highest BCUT2D eigenvalue weighted by molar-refractivity contribution is 6.05. The molecule has 1 atom stereocenters. The number of hydrogen-bond donors (Lipinski definition) is 1. The number of aryl methyl sites for hydroxylation is 1. The Kier molecular flexibility index (Phi) is 8.02. The molecule has 1 N–H and O–H groups in total. The Labute approximate surface area is 206 Å². The molecule has 2 aliphatic rings. The summed E-state index contributed by atoms with van der Waals surface area (Å²) in [6, 6.07) is 11.7. The normalized spacial score (nSPS) is 16.7. The molecule has 0 aliphatic carbocycles. The number of Topliss-reactive ketones (excluding diaryl/α,β-unsaturated/α-hetero) is 1. The molecule has 1 saturated heterocycles. The fourth-order valence-corrected chi connectivity index (χ4v) is 4.49. The number of amides is 2. The maximum absolute atomic E-state index is 12.9. The second kappa shape index (κ2) is 11.4. The summed E-state index contributed by atoms with van der Waals surface area (Å²) in [4.78, 5) is 42.2. The molecule has 2 aromatic rings. The Morgan fingerprint density at radius 3 is 2.69 bits per heavy atom. The van der Waals surface area contributed by atoms with Gasteiger partial charge >= 0.3 is 0 Å². The predicted octanol–water partition coefficient (Wildman–Crippen LogP) is 2.97.